The number of hydrogen-bond donors (Lipinski definition) is 2. The van der Waals surface area contributed by atoms with Gasteiger partial charge >= 0.3 is 0 Å². The first kappa shape index (κ1) is 8.37. The first-order valence-corrected chi connectivity index (χ1v) is 2.72. The number of benzene rings is 1. The second-order valence-electron chi connectivity index (χ2n) is 1.49. The third kappa shape index (κ3) is 1.98. The number of phenols is 1. The molecule has 9 heavy (non-hydrogen) atoms. The van der Waals surface area contributed by atoms with Gasteiger partial charge in [-0.15, -0.1) is 12.6 Å². The van der Waals surface area contributed by atoms with Gasteiger partial charge in [-0.2, -0.15) is 0 Å². The van der Waals surface area contributed by atoms with Crippen LogP contribution in [0.15, 0.2) is 29.2 Å². The highest BCUT2D eigenvalue weighted by Crippen LogP contribution is 2.18. The minimum absolute atomic E-state index is 0. The van der Waals surface area contributed by atoms with Gasteiger partial charge in [0.2, 0.25) is 0 Å². The summed E-state index contributed by atoms with van der Waals surface area (Å²) in [6.45, 7) is 0. The lowest BCUT2D eigenvalue weighted by molar-refractivity contribution is 0.463. The van der Waals surface area contributed by atoms with Crippen LogP contribution in [0.4, 0.5) is 0 Å². The summed E-state index contributed by atoms with van der Waals surface area (Å²) < 4.78 is 0. The molecule has 1 rings (SSSR count). The second-order valence-corrected chi connectivity index (χ2v) is 1.97. The fourth-order valence-corrected chi connectivity index (χ4v) is 0.625. The monoisotopic (exact) mass is 142 g/mol. The summed E-state index contributed by atoms with van der Waals surface area (Å²) >= 11 is 3.95. The first-order chi connectivity index (χ1) is 3.80. The van der Waals surface area contributed by atoms with Gasteiger partial charge in [0, 0.05) is 4.90 Å². The Morgan fingerprint density at radius 1 is 1.22 bits per heavy atom. The highest BCUT2D eigenvalue weighted by Gasteiger charge is 1.88. The number of phenolic OH excluding ortho intramolecular Hbond substituents is 1. The topological polar surface area (TPSA) is 20.2 Å². The summed E-state index contributed by atoms with van der Waals surface area (Å²) in [4.78, 5) is 0.618. The third-order valence-electron chi connectivity index (χ3n) is 0.882. The standard InChI is InChI=1S/C6H6OS.CH4/c7-5-3-1-2-4-6(5)8;/h1-4,7-8H;1H4. The molecule has 0 amide bonds. The molecular weight excluding hydrogens is 132 g/mol. The smallest absolute Gasteiger partial charge is 0.128 e. The Morgan fingerprint density at radius 3 is 2.11 bits per heavy atom. The highest BCUT2D eigenvalue weighted by molar-refractivity contribution is 7.80. The molecule has 0 bridgehead atoms. The molecule has 1 aromatic rings. The van der Waals surface area contributed by atoms with E-state index < -0.39 is 0 Å². The van der Waals surface area contributed by atoms with Crippen LogP contribution in [0.2, 0.25) is 0 Å². The van der Waals surface area contributed by atoms with E-state index in [2.05, 4.69) is 12.6 Å². The Kier molecular flexibility index (Phi) is 3.17. The zero-order valence-corrected chi connectivity index (χ0v) is 5.10. The van der Waals surface area contributed by atoms with Crippen molar-refractivity contribution in [2.75, 3.05) is 0 Å². The van der Waals surface area contributed by atoms with E-state index in [1.165, 1.54) is 0 Å². The van der Waals surface area contributed by atoms with Crippen LogP contribution >= 0.6 is 12.6 Å². The summed E-state index contributed by atoms with van der Waals surface area (Å²) in [6.07, 6.45) is 0. The van der Waals surface area contributed by atoms with E-state index in [1.807, 2.05) is 6.07 Å². The average Bonchev–Trinajstić information content (AvgIpc) is 1.77. The second kappa shape index (κ2) is 3.41. The van der Waals surface area contributed by atoms with Gasteiger partial charge in [0.1, 0.15) is 5.75 Å². The van der Waals surface area contributed by atoms with Gasteiger partial charge in [0.25, 0.3) is 0 Å². The lowest BCUT2D eigenvalue weighted by Gasteiger charge is -1.91. The summed E-state index contributed by atoms with van der Waals surface area (Å²) in [5.74, 6) is 0.232. The van der Waals surface area contributed by atoms with Gasteiger partial charge in [-0.3, -0.25) is 0 Å². The molecule has 0 aliphatic rings. The molecule has 1 nitrogen and oxygen atoms in total. The van der Waals surface area contributed by atoms with Gasteiger partial charge in [0.05, 0.1) is 0 Å². The predicted octanol–water partition coefficient (Wildman–Crippen LogP) is 2.32. The van der Waals surface area contributed by atoms with Crippen molar-refractivity contribution in [3.05, 3.63) is 24.3 Å². The minimum Gasteiger partial charge on any atom is -0.507 e. The Bertz CT molecular complexity index is 165. The lowest BCUT2D eigenvalue weighted by Crippen LogP contribution is -1.64. The maximum Gasteiger partial charge on any atom is 0.128 e. The summed E-state index contributed by atoms with van der Waals surface area (Å²) in [5.41, 5.74) is 0. The molecule has 50 valence electrons. The molecule has 0 heterocycles. The Labute approximate surface area is 60.8 Å². The molecule has 0 radical (unpaired) electrons. The van der Waals surface area contributed by atoms with Crippen LogP contribution in [0.5, 0.6) is 5.75 Å². The van der Waals surface area contributed by atoms with E-state index in [0.717, 1.165) is 0 Å². The van der Waals surface area contributed by atoms with Crippen LogP contribution in [-0.2, 0) is 0 Å². The fourth-order valence-electron chi connectivity index (χ4n) is 0.464. The van der Waals surface area contributed by atoms with Crippen LogP contribution < -0.4 is 0 Å². The Morgan fingerprint density at radius 2 is 1.78 bits per heavy atom. The first-order valence-electron chi connectivity index (χ1n) is 2.27. The minimum atomic E-state index is 0. The van der Waals surface area contributed by atoms with E-state index in [4.69, 9.17) is 5.11 Å². The zero-order chi connectivity index (χ0) is 5.98. The van der Waals surface area contributed by atoms with E-state index in [-0.39, 0.29) is 13.2 Å². The average molecular weight is 142 g/mol. The van der Waals surface area contributed by atoms with Gasteiger partial charge < -0.3 is 5.11 Å². The van der Waals surface area contributed by atoms with Crippen molar-refractivity contribution in [2.45, 2.75) is 12.3 Å². The van der Waals surface area contributed by atoms with Crippen molar-refractivity contribution >= 4 is 12.6 Å². The van der Waals surface area contributed by atoms with Crippen LogP contribution in [0.1, 0.15) is 7.43 Å². The number of hydrogen-bond acceptors (Lipinski definition) is 2. The number of rotatable bonds is 0. The quantitative estimate of drug-likeness (QED) is 0.533. The van der Waals surface area contributed by atoms with E-state index >= 15 is 0 Å². The Balaban J connectivity index is 0.000000640. The molecule has 2 heteroatoms. The summed E-state index contributed by atoms with van der Waals surface area (Å²) in [5, 5.41) is 8.84. The molecule has 1 aromatic carbocycles. The molecule has 0 saturated carbocycles. The number of para-hydroxylation sites is 1. The number of thiol groups is 1. The summed E-state index contributed by atoms with van der Waals surface area (Å²) in [7, 11) is 0. The Hall–Kier alpha value is -0.630. The predicted molar refractivity (Wildman–Crippen MR) is 42.1 cm³/mol. The molecule has 0 saturated heterocycles. The van der Waals surface area contributed by atoms with Crippen molar-refractivity contribution in [2.24, 2.45) is 0 Å². The van der Waals surface area contributed by atoms with Gasteiger partial charge in [0.15, 0.2) is 0 Å². The maximum absolute atomic E-state index is 8.84. The van der Waals surface area contributed by atoms with Crippen molar-refractivity contribution in [3.8, 4) is 5.75 Å². The van der Waals surface area contributed by atoms with Gasteiger partial charge in [-0.05, 0) is 12.1 Å². The van der Waals surface area contributed by atoms with Crippen LogP contribution in [0.25, 0.3) is 0 Å². The van der Waals surface area contributed by atoms with Crippen LogP contribution in [-0.4, -0.2) is 5.11 Å². The SMILES string of the molecule is C.Oc1ccccc1S. The van der Waals surface area contributed by atoms with Crippen LogP contribution in [0, 0.1) is 0 Å². The highest BCUT2D eigenvalue weighted by atomic mass is 32.1. The van der Waals surface area contributed by atoms with Crippen molar-refractivity contribution < 1.29 is 5.11 Å². The molecule has 0 unspecified atom stereocenters. The largest absolute Gasteiger partial charge is 0.507 e. The molecule has 0 fully saturated rings. The summed E-state index contributed by atoms with van der Waals surface area (Å²) in [6, 6.07) is 6.91. The normalized spacial score (nSPS) is 8.11. The molecule has 0 aliphatic carbocycles. The van der Waals surface area contributed by atoms with Crippen molar-refractivity contribution in [1.29, 1.82) is 0 Å². The zero-order valence-electron chi connectivity index (χ0n) is 4.20. The molecule has 1 N–H and O–H groups in total. The number of aromatic hydroxyl groups is 1. The maximum atomic E-state index is 8.84. The molecule has 0 aromatic heterocycles. The van der Waals surface area contributed by atoms with E-state index in [0.29, 0.717) is 4.90 Å². The van der Waals surface area contributed by atoms with Crippen LogP contribution in [0.3, 0.4) is 0 Å². The van der Waals surface area contributed by atoms with Crippen molar-refractivity contribution in [3.63, 3.8) is 0 Å². The van der Waals surface area contributed by atoms with E-state index in [9.17, 15) is 0 Å². The molecule has 0 aliphatic heterocycles. The molecule has 0 spiro atoms. The molecular formula is C7H10OS. The third-order valence-corrected chi connectivity index (χ3v) is 1.26. The fraction of sp³-hybridized carbons (Fsp3) is 0.143. The van der Waals surface area contributed by atoms with Crippen molar-refractivity contribution in [1.82, 2.24) is 0 Å². The van der Waals surface area contributed by atoms with Gasteiger partial charge in [-0.1, -0.05) is 19.6 Å². The van der Waals surface area contributed by atoms with E-state index in [1.54, 1.807) is 18.2 Å². The van der Waals surface area contributed by atoms with Gasteiger partial charge in [-0.25, -0.2) is 0 Å². The molecule has 0 atom stereocenters. The lowest BCUT2D eigenvalue weighted by atomic mass is 10.3.